The van der Waals surface area contributed by atoms with Crippen LogP contribution in [0.4, 0.5) is 13.2 Å². The molecule has 4 rings (SSSR count). The summed E-state index contributed by atoms with van der Waals surface area (Å²) in [6.45, 7) is 4.40. The monoisotopic (exact) mass is 489 g/mol. The minimum absolute atomic E-state index is 0.0634. The van der Waals surface area contributed by atoms with E-state index in [9.17, 15) is 18.0 Å². The zero-order valence-corrected chi connectivity index (χ0v) is 20.0. The molecule has 0 saturated carbocycles. The largest absolute Gasteiger partial charge is 0.488 e. The molecule has 1 N–H and O–H groups in total. The molecular weight excluding hydrogens is 459 g/mol. The van der Waals surface area contributed by atoms with E-state index < -0.39 is 12.8 Å². The number of halogens is 3. The smallest absolute Gasteiger partial charge is 0.422 e. The summed E-state index contributed by atoms with van der Waals surface area (Å²) in [5.74, 6) is 1.21. The van der Waals surface area contributed by atoms with E-state index in [0.29, 0.717) is 11.9 Å². The van der Waals surface area contributed by atoms with Crippen molar-refractivity contribution < 1.29 is 22.6 Å². The van der Waals surface area contributed by atoms with E-state index in [1.165, 1.54) is 11.6 Å². The first-order valence-electron chi connectivity index (χ1n) is 11.9. The van der Waals surface area contributed by atoms with E-state index >= 15 is 0 Å². The molecule has 1 atom stereocenters. The molecule has 35 heavy (non-hydrogen) atoms. The highest BCUT2D eigenvalue weighted by atomic mass is 19.4. The van der Waals surface area contributed by atoms with Gasteiger partial charge in [-0.3, -0.25) is 4.79 Å². The van der Waals surface area contributed by atoms with Crippen LogP contribution in [0.2, 0.25) is 0 Å². The van der Waals surface area contributed by atoms with Gasteiger partial charge in [0.2, 0.25) is 0 Å². The highest BCUT2D eigenvalue weighted by molar-refractivity contribution is 5.84. The summed E-state index contributed by atoms with van der Waals surface area (Å²) in [4.78, 5) is 17.0. The van der Waals surface area contributed by atoms with Crippen LogP contribution >= 0.6 is 0 Å². The predicted molar refractivity (Wildman–Crippen MR) is 128 cm³/mol. The van der Waals surface area contributed by atoms with Gasteiger partial charge in [-0.05, 0) is 55.5 Å². The first-order chi connectivity index (χ1) is 16.7. The minimum atomic E-state index is -4.41. The van der Waals surface area contributed by atoms with Gasteiger partial charge in [-0.1, -0.05) is 25.1 Å². The van der Waals surface area contributed by atoms with Crippen LogP contribution in [-0.4, -0.2) is 41.5 Å². The standard InChI is InChI=1S/C26H30F3N3O3/c1-3-6-23-31-25(33)20-15-18(14-19-9-11-32(23)24(19)20)13-17(2)30-10-12-34-21-7-4-5-8-22(21)35-16-26(27,28)29/h4-5,7-8,14-15,17,30H,3,6,9-13,16H2,1-2H3. The van der Waals surface area contributed by atoms with Crippen molar-refractivity contribution >= 4 is 10.9 Å². The number of rotatable bonds is 11. The number of benzene rings is 2. The van der Waals surface area contributed by atoms with Crippen LogP contribution in [0.1, 0.15) is 37.2 Å². The van der Waals surface area contributed by atoms with E-state index in [1.807, 2.05) is 13.0 Å². The van der Waals surface area contributed by atoms with Crippen molar-refractivity contribution in [3.63, 3.8) is 0 Å². The maximum absolute atomic E-state index is 12.7. The van der Waals surface area contributed by atoms with Gasteiger partial charge in [0.05, 0.1) is 10.9 Å². The normalized spacial score (nSPS) is 13.9. The van der Waals surface area contributed by atoms with Gasteiger partial charge in [-0.15, -0.1) is 0 Å². The molecule has 1 aromatic heterocycles. The summed E-state index contributed by atoms with van der Waals surface area (Å²) in [7, 11) is 0. The van der Waals surface area contributed by atoms with Crippen LogP contribution in [-0.2, 0) is 25.8 Å². The fraction of sp³-hybridized carbons (Fsp3) is 0.462. The van der Waals surface area contributed by atoms with Gasteiger partial charge in [-0.25, -0.2) is 0 Å². The molecule has 2 aromatic carbocycles. The highest BCUT2D eigenvalue weighted by Crippen LogP contribution is 2.29. The number of aromatic nitrogens is 2. The quantitative estimate of drug-likeness (QED) is 0.404. The highest BCUT2D eigenvalue weighted by Gasteiger charge is 2.29. The Bertz CT molecular complexity index is 1240. The predicted octanol–water partition coefficient (Wildman–Crippen LogP) is 4.45. The van der Waals surface area contributed by atoms with Gasteiger partial charge in [0, 0.05) is 25.6 Å². The lowest BCUT2D eigenvalue weighted by molar-refractivity contribution is -0.153. The minimum Gasteiger partial charge on any atom is -0.488 e. The Morgan fingerprint density at radius 2 is 1.91 bits per heavy atom. The van der Waals surface area contributed by atoms with Gasteiger partial charge in [0.1, 0.15) is 12.4 Å². The lowest BCUT2D eigenvalue weighted by Gasteiger charge is -2.17. The molecule has 1 unspecified atom stereocenters. The van der Waals surface area contributed by atoms with Gasteiger partial charge in [0.25, 0.3) is 5.56 Å². The Kier molecular flexibility index (Phi) is 7.64. The number of ether oxygens (including phenoxy) is 2. The van der Waals surface area contributed by atoms with Crippen molar-refractivity contribution in [1.82, 2.24) is 14.9 Å². The van der Waals surface area contributed by atoms with Gasteiger partial charge >= 0.3 is 6.18 Å². The van der Waals surface area contributed by atoms with E-state index in [4.69, 9.17) is 9.47 Å². The molecule has 0 bridgehead atoms. The Balaban J connectivity index is 1.34. The molecule has 0 radical (unpaired) electrons. The molecule has 0 spiro atoms. The van der Waals surface area contributed by atoms with Crippen LogP contribution in [0.15, 0.2) is 41.2 Å². The topological polar surface area (TPSA) is 65.4 Å². The SMILES string of the molecule is CCCc1nc(=O)c2cc(CC(C)NCCOc3ccccc3OCC(F)(F)F)cc3c2n1CC3. The average Bonchev–Trinajstić information content (AvgIpc) is 3.23. The van der Waals surface area contributed by atoms with Crippen molar-refractivity contribution in [1.29, 1.82) is 0 Å². The second kappa shape index (κ2) is 10.7. The first kappa shape index (κ1) is 25.0. The number of hydrogen-bond acceptors (Lipinski definition) is 5. The van der Waals surface area contributed by atoms with E-state index in [1.54, 1.807) is 18.2 Å². The third kappa shape index (κ3) is 6.14. The number of nitrogens with one attached hydrogen (secondary N) is 1. The van der Waals surface area contributed by atoms with Gasteiger partial charge < -0.3 is 19.4 Å². The van der Waals surface area contributed by atoms with E-state index in [2.05, 4.69) is 27.9 Å². The molecule has 0 amide bonds. The molecule has 9 heteroatoms. The van der Waals surface area contributed by atoms with Gasteiger partial charge in [0.15, 0.2) is 18.1 Å². The summed E-state index contributed by atoms with van der Waals surface area (Å²) in [6.07, 6.45) is -1.03. The van der Waals surface area contributed by atoms with Crippen LogP contribution in [0, 0.1) is 0 Å². The summed E-state index contributed by atoms with van der Waals surface area (Å²) in [5, 5.41) is 4.05. The van der Waals surface area contributed by atoms with E-state index in [0.717, 1.165) is 49.1 Å². The third-order valence-electron chi connectivity index (χ3n) is 6.00. The molecule has 188 valence electrons. The maximum atomic E-state index is 12.7. The van der Waals surface area contributed by atoms with Crippen LogP contribution in [0.5, 0.6) is 11.5 Å². The third-order valence-corrected chi connectivity index (χ3v) is 6.00. The molecule has 0 saturated heterocycles. The van der Waals surface area contributed by atoms with Crippen molar-refractivity contribution in [2.75, 3.05) is 19.8 Å². The molecular formula is C26H30F3N3O3. The Labute approximate surface area is 202 Å². The van der Waals surface area contributed by atoms with Crippen molar-refractivity contribution in [2.45, 2.75) is 58.3 Å². The van der Waals surface area contributed by atoms with E-state index in [-0.39, 0.29) is 29.7 Å². The average molecular weight is 490 g/mol. The summed E-state index contributed by atoms with van der Waals surface area (Å²) < 4.78 is 50.1. The second-order valence-corrected chi connectivity index (χ2v) is 8.89. The zero-order valence-electron chi connectivity index (χ0n) is 20.0. The Morgan fingerprint density at radius 1 is 1.17 bits per heavy atom. The molecule has 0 fully saturated rings. The molecule has 1 aliphatic rings. The maximum Gasteiger partial charge on any atom is 0.422 e. The fourth-order valence-corrected chi connectivity index (χ4v) is 4.55. The molecule has 6 nitrogen and oxygen atoms in total. The van der Waals surface area contributed by atoms with Crippen molar-refractivity contribution in [3.8, 4) is 11.5 Å². The fourth-order valence-electron chi connectivity index (χ4n) is 4.55. The number of aryl methyl sites for hydroxylation is 3. The molecule has 1 aliphatic heterocycles. The first-order valence-corrected chi connectivity index (χ1v) is 11.9. The summed E-state index contributed by atoms with van der Waals surface area (Å²) in [5.41, 5.74) is 3.14. The summed E-state index contributed by atoms with van der Waals surface area (Å²) in [6, 6.07) is 10.6. The van der Waals surface area contributed by atoms with Crippen LogP contribution in [0.25, 0.3) is 10.9 Å². The lowest BCUT2D eigenvalue weighted by atomic mass is 10.0. The zero-order chi connectivity index (χ0) is 25.0. The number of nitrogens with zero attached hydrogens (tertiary/aromatic N) is 2. The number of para-hydroxylation sites is 2. The molecule has 2 heterocycles. The lowest BCUT2D eigenvalue weighted by Crippen LogP contribution is -2.32. The molecule has 3 aromatic rings. The second-order valence-electron chi connectivity index (χ2n) is 8.89. The number of alkyl halides is 3. The van der Waals surface area contributed by atoms with Crippen molar-refractivity contribution in [3.05, 3.63) is 63.7 Å². The number of hydrogen-bond donors (Lipinski definition) is 1. The summed E-state index contributed by atoms with van der Waals surface area (Å²) >= 11 is 0. The van der Waals surface area contributed by atoms with Gasteiger partial charge in [-0.2, -0.15) is 18.2 Å². The van der Waals surface area contributed by atoms with Crippen molar-refractivity contribution in [2.24, 2.45) is 0 Å². The van der Waals surface area contributed by atoms with Crippen LogP contribution < -0.4 is 20.3 Å². The Hall–Kier alpha value is -3.07. The Morgan fingerprint density at radius 3 is 2.63 bits per heavy atom. The molecule has 0 aliphatic carbocycles. The van der Waals surface area contributed by atoms with Crippen LogP contribution in [0.3, 0.4) is 0 Å².